The first kappa shape index (κ1) is 10.8. The van der Waals surface area contributed by atoms with Crippen molar-refractivity contribution in [1.29, 1.82) is 0 Å². The van der Waals surface area contributed by atoms with Gasteiger partial charge in [-0.2, -0.15) is 0 Å². The molecule has 0 fully saturated rings. The number of rotatable bonds is 2. The number of aryl methyl sites for hydroxylation is 1. The van der Waals surface area contributed by atoms with Gasteiger partial charge in [0, 0.05) is 29.7 Å². The van der Waals surface area contributed by atoms with Crippen molar-refractivity contribution in [3.05, 3.63) is 58.6 Å². The highest BCUT2D eigenvalue weighted by Crippen LogP contribution is 2.14. The summed E-state index contributed by atoms with van der Waals surface area (Å²) in [6.45, 7) is 1.87. The lowest BCUT2D eigenvalue weighted by molar-refractivity contribution is 0.103. The maximum absolute atomic E-state index is 12.1. The van der Waals surface area contributed by atoms with E-state index in [1.807, 2.05) is 6.92 Å². The summed E-state index contributed by atoms with van der Waals surface area (Å²) in [5.41, 5.74) is 2.01. The van der Waals surface area contributed by atoms with Gasteiger partial charge in [0.2, 0.25) is 0 Å². The minimum absolute atomic E-state index is 0.0881. The monoisotopic (exact) mass is 232 g/mol. The van der Waals surface area contributed by atoms with Crippen molar-refractivity contribution in [1.82, 2.24) is 9.97 Å². The number of ketones is 1. The van der Waals surface area contributed by atoms with Crippen molar-refractivity contribution in [3.8, 4) is 0 Å². The molecule has 0 saturated carbocycles. The third-order valence-corrected chi connectivity index (χ3v) is 2.48. The van der Waals surface area contributed by atoms with Gasteiger partial charge < -0.3 is 0 Å². The molecule has 0 bridgehead atoms. The molecule has 0 N–H and O–H groups in total. The summed E-state index contributed by atoms with van der Waals surface area (Å²) >= 11 is 5.74. The minimum Gasteiger partial charge on any atom is -0.289 e. The number of hydrogen-bond acceptors (Lipinski definition) is 3. The molecule has 0 unspecified atom stereocenters. The summed E-state index contributed by atoms with van der Waals surface area (Å²) in [7, 11) is 0. The molecule has 16 heavy (non-hydrogen) atoms. The Morgan fingerprint density at radius 1 is 1.31 bits per heavy atom. The normalized spacial score (nSPS) is 10.1. The zero-order valence-electron chi connectivity index (χ0n) is 8.64. The molecule has 0 saturated heterocycles. The fourth-order valence-electron chi connectivity index (χ4n) is 1.40. The Balaban J connectivity index is 2.44. The number of aromatic nitrogens is 2. The Bertz CT molecular complexity index is 540. The van der Waals surface area contributed by atoms with Crippen molar-refractivity contribution in [2.45, 2.75) is 6.92 Å². The van der Waals surface area contributed by atoms with Gasteiger partial charge in [0.05, 0.1) is 0 Å². The maximum Gasteiger partial charge on any atom is 0.195 e. The molecule has 80 valence electrons. The van der Waals surface area contributed by atoms with Crippen molar-refractivity contribution in [2.24, 2.45) is 0 Å². The first-order valence-electron chi connectivity index (χ1n) is 4.75. The van der Waals surface area contributed by atoms with E-state index in [4.69, 9.17) is 11.6 Å². The van der Waals surface area contributed by atoms with Gasteiger partial charge in [0.1, 0.15) is 5.15 Å². The lowest BCUT2D eigenvalue weighted by atomic mass is 10.0. The highest BCUT2D eigenvalue weighted by Gasteiger charge is 2.11. The molecule has 2 rings (SSSR count). The van der Waals surface area contributed by atoms with Crippen LogP contribution in [0.5, 0.6) is 0 Å². The number of nitrogens with zero attached hydrogens (tertiary/aromatic N) is 2. The molecule has 0 aromatic carbocycles. The van der Waals surface area contributed by atoms with E-state index in [1.165, 1.54) is 6.20 Å². The zero-order chi connectivity index (χ0) is 11.5. The predicted octanol–water partition coefficient (Wildman–Crippen LogP) is 2.67. The molecule has 0 aliphatic carbocycles. The van der Waals surface area contributed by atoms with Gasteiger partial charge in [0.25, 0.3) is 0 Å². The van der Waals surface area contributed by atoms with Crippen molar-refractivity contribution >= 4 is 17.4 Å². The average molecular weight is 233 g/mol. The van der Waals surface area contributed by atoms with Crippen LogP contribution in [0.15, 0.2) is 36.8 Å². The first-order valence-corrected chi connectivity index (χ1v) is 5.13. The zero-order valence-corrected chi connectivity index (χ0v) is 9.40. The molecular weight excluding hydrogens is 224 g/mol. The molecule has 3 nitrogen and oxygen atoms in total. The molecular formula is C12H9ClN2O. The van der Waals surface area contributed by atoms with Gasteiger partial charge in [-0.05, 0) is 30.7 Å². The first-order chi connectivity index (χ1) is 7.68. The summed E-state index contributed by atoms with van der Waals surface area (Å²) in [6.07, 6.45) is 4.74. The van der Waals surface area contributed by atoms with Crippen molar-refractivity contribution in [3.63, 3.8) is 0 Å². The fraction of sp³-hybridized carbons (Fsp3) is 0.0833. The standard InChI is InChI=1S/C12H9ClN2O/c1-8-2-4-14-7-10(8)12(16)9-3-5-15-11(13)6-9/h2-7H,1H3. The summed E-state index contributed by atoms with van der Waals surface area (Å²) in [6, 6.07) is 4.99. The van der Waals surface area contributed by atoms with E-state index >= 15 is 0 Å². The third-order valence-electron chi connectivity index (χ3n) is 2.27. The van der Waals surface area contributed by atoms with Crippen LogP contribution < -0.4 is 0 Å². The second-order valence-corrected chi connectivity index (χ2v) is 3.77. The lowest BCUT2D eigenvalue weighted by Gasteiger charge is -2.03. The molecule has 0 aliphatic rings. The molecule has 0 amide bonds. The Kier molecular flexibility index (Phi) is 2.97. The quantitative estimate of drug-likeness (QED) is 0.591. The predicted molar refractivity (Wildman–Crippen MR) is 61.7 cm³/mol. The highest BCUT2D eigenvalue weighted by molar-refractivity contribution is 6.30. The average Bonchev–Trinajstić information content (AvgIpc) is 2.29. The van der Waals surface area contributed by atoms with Gasteiger partial charge >= 0.3 is 0 Å². The van der Waals surface area contributed by atoms with E-state index in [0.717, 1.165) is 5.56 Å². The second kappa shape index (κ2) is 4.41. The van der Waals surface area contributed by atoms with Crippen molar-refractivity contribution < 1.29 is 4.79 Å². The topological polar surface area (TPSA) is 42.9 Å². The van der Waals surface area contributed by atoms with Crippen LogP contribution in [0.3, 0.4) is 0 Å². The minimum atomic E-state index is -0.0881. The van der Waals surface area contributed by atoms with Crippen LogP contribution in [0.2, 0.25) is 5.15 Å². The smallest absolute Gasteiger partial charge is 0.195 e. The van der Waals surface area contributed by atoms with Crippen molar-refractivity contribution in [2.75, 3.05) is 0 Å². The third kappa shape index (κ3) is 2.09. The van der Waals surface area contributed by atoms with Gasteiger partial charge in [0.15, 0.2) is 5.78 Å². The Hall–Kier alpha value is -1.74. The number of hydrogen-bond donors (Lipinski definition) is 0. The molecule has 2 aromatic heterocycles. The lowest BCUT2D eigenvalue weighted by Crippen LogP contribution is -2.04. The molecule has 0 aliphatic heterocycles. The highest BCUT2D eigenvalue weighted by atomic mass is 35.5. The molecule has 0 atom stereocenters. The molecule has 2 aromatic rings. The Labute approximate surface area is 98.1 Å². The number of pyridine rings is 2. The maximum atomic E-state index is 12.1. The Morgan fingerprint density at radius 2 is 2.12 bits per heavy atom. The van der Waals surface area contributed by atoms with E-state index in [2.05, 4.69) is 9.97 Å². The van der Waals surface area contributed by atoms with Crippen LogP contribution in [0.4, 0.5) is 0 Å². The molecule has 0 spiro atoms. The van der Waals surface area contributed by atoms with Gasteiger partial charge in [-0.25, -0.2) is 4.98 Å². The van der Waals surface area contributed by atoms with E-state index in [-0.39, 0.29) is 5.78 Å². The van der Waals surface area contributed by atoms with E-state index in [9.17, 15) is 4.79 Å². The summed E-state index contributed by atoms with van der Waals surface area (Å²) in [5.74, 6) is -0.0881. The second-order valence-electron chi connectivity index (χ2n) is 3.39. The van der Waals surface area contributed by atoms with Gasteiger partial charge in [-0.3, -0.25) is 9.78 Å². The largest absolute Gasteiger partial charge is 0.289 e. The van der Waals surface area contributed by atoms with Crippen LogP contribution in [0.25, 0.3) is 0 Å². The van der Waals surface area contributed by atoms with Crippen LogP contribution in [-0.4, -0.2) is 15.8 Å². The molecule has 2 heterocycles. The van der Waals surface area contributed by atoms with Gasteiger partial charge in [-0.1, -0.05) is 11.6 Å². The molecule has 4 heteroatoms. The van der Waals surface area contributed by atoms with E-state index < -0.39 is 0 Å². The SMILES string of the molecule is Cc1ccncc1C(=O)c1ccnc(Cl)c1. The number of halogens is 1. The van der Waals surface area contributed by atoms with Crippen LogP contribution in [-0.2, 0) is 0 Å². The van der Waals surface area contributed by atoms with Crippen LogP contribution >= 0.6 is 11.6 Å². The fourth-order valence-corrected chi connectivity index (χ4v) is 1.57. The molecule has 0 radical (unpaired) electrons. The van der Waals surface area contributed by atoms with Crippen LogP contribution in [0, 0.1) is 6.92 Å². The van der Waals surface area contributed by atoms with Crippen LogP contribution in [0.1, 0.15) is 21.5 Å². The van der Waals surface area contributed by atoms with Gasteiger partial charge in [-0.15, -0.1) is 0 Å². The summed E-state index contributed by atoms with van der Waals surface area (Å²) in [5, 5.41) is 0.312. The van der Waals surface area contributed by atoms with E-state index in [1.54, 1.807) is 30.6 Å². The Morgan fingerprint density at radius 3 is 2.81 bits per heavy atom. The number of carbonyl (C=O) groups is 1. The number of carbonyl (C=O) groups excluding carboxylic acids is 1. The summed E-state index contributed by atoms with van der Waals surface area (Å²) in [4.78, 5) is 19.9. The van der Waals surface area contributed by atoms with E-state index in [0.29, 0.717) is 16.3 Å². The summed E-state index contributed by atoms with van der Waals surface area (Å²) < 4.78 is 0.